The van der Waals surface area contributed by atoms with E-state index >= 15 is 0 Å². The maximum Gasteiger partial charge on any atom is 0.234 e. The number of amides is 2. The molecule has 1 saturated heterocycles. The van der Waals surface area contributed by atoms with Crippen molar-refractivity contribution in [3.8, 4) is 12.1 Å². The molecule has 3 N–H and O–H groups in total. The van der Waals surface area contributed by atoms with Crippen LogP contribution in [-0.2, 0) is 16.0 Å². The molecule has 222 valence electrons. The highest BCUT2D eigenvalue weighted by atomic mass is 32.2. The van der Waals surface area contributed by atoms with Gasteiger partial charge in [0.1, 0.15) is 11.8 Å². The zero-order chi connectivity index (χ0) is 29.3. The van der Waals surface area contributed by atoms with Crippen LogP contribution < -0.4 is 16.0 Å². The molecule has 41 heavy (non-hydrogen) atoms. The van der Waals surface area contributed by atoms with Gasteiger partial charge in [-0.05, 0) is 80.6 Å². The van der Waals surface area contributed by atoms with E-state index in [1.165, 1.54) is 35.7 Å². The molecule has 1 heterocycles. The van der Waals surface area contributed by atoms with Crippen LogP contribution in [0.3, 0.4) is 0 Å². The third-order valence-corrected chi connectivity index (χ3v) is 8.66. The number of anilines is 1. The van der Waals surface area contributed by atoms with Crippen LogP contribution in [0.25, 0.3) is 0 Å². The summed E-state index contributed by atoms with van der Waals surface area (Å²) in [5.74, 6) is 0.441. The van der Waals surface area contributed by atoms with Gasteiger partial charge in [0, 0.05) is 34.6 Å². The van der Waals surface area contributed by atoms with E-state index in [0.29, 0.717) is 31.2 Å². The second kappa shape index (κ2) is 18.0. The molecule has 0 radical (unpaired) electrons. The minimum atomic E-state index is -0.454. The first-order valence-electron chi connectivity index (χ1n) is 14.5. The van der Waals surface area contributed by atoms with Crippen molar-refractivity contribution in [2.45, 2.75) is 50.2 Å². The quantitative estimate of drug-likeness (QED) is 0.245. The van der Waals surface area contributed by atoms with Gasteiger partial charge in [-0.2, -0.15) is 10.5 Å². The third-order valence-electron chi connectivity index (χ3n) is 7.40. The average molecular weight is 579 g/mol. The zero-order valence-corrected chi connectivity index (χ0v) is 24.8. The molecule has 0 spiro atoms. The number of hydrogen-bond donors (Lipinski definition) is 3. The number of thioether (sulfide) groups is 1. The summed E-state index contributed by atoms with van der Waals surface area (Å²) in [5.41, 5.74) is 3.72. The fourth-order valence-corrected chi connectivity index (χ4v) is 6.20. The first-order valence-corrected chi connectivity index (χ1v) is 15.6. The number of carbonyl (C=O) groups excluding carboxylic acids is 2. The second-order valence-corrected chi connectivity index (χ2v) is 11.7. The molecular formula is C32H46N6O2S. The highest BCUT2D eigenvalue weighted by Crippen LogP contribution is 2.28. The fourth-order valence-electron chi connectivity index (χ4n) is 5.06. The molecule has 8 nitrogen and oxygen atoms in total. The molecule has 2 unspecified atom stereocenters. The minimum Gasteiger partial charge on any atom is -0.383 e. The molecule has 2 aromatic carbocycles. The van der Waals surface area contributed by atoms with Crippen molar-refractivity contribution in [2.24, 2.45) is 5.92 Å². The van der Waals surface area contributed by atoms with Crippen molar-refractivity contribution >= 4 is 29.3 Å². The van der Waals surface area contributed by atoms with E-state index in [9.17, 15) is 14.9 Å². The Morgan fingerprint density at radius 1 is 1.10 bits per heavy atom. The van der Waals surface area contributed by atoms with Gasteiger partial charge in [-0.1, -0.05) is 42.5 Å². The lowest BCUT2D eigenvalue weighted by molar-refractivity contribution is -0.121. The van der Waals surface area contributed by atoms with Gasteiger partial charge in [0.25, 0.3) is 0 Å². The normalized spacial score (nSPS) is 15.2. The van der Waals surface area contributed by atoms with Crippen LogP contribution in [0, 0.1) is 28.6 Å². The third kappa shape index (κ3) is 11.5. The Balaban J connectivity index is 0.00000462. The molecule has 2 aromatic rings. The largest absolute Gasteiger partial charge is 0.383 e. The Bertz CT molecular complexity index is 1180. The summed E-state index contributed by atoms with van der Waals surface area (Å²) in [4.78, 5) is 27.1. The monoisotopic (exact) mass is 578 g/mol. The van der Waals surface area contributed by atoms with Crippen LogP contribution in [0.15, 0.2) is 54.6 Å². The number of nitriles is 2. The van der Waals surface area contributed by atoms with Gasteiger partial charge >= 0.3 is 0 Å². The van der Waals surface area contributed by atoms with Gasteiger partial charge in [-0.3, -0.25) is 9.59 Å². The molecule has 2 atom stereocenters. The molecule has 0 bridgehead atoms. The number of rotatable bonds is 16. The maximum absolute atomic E-state index is 12.7. The summed E-state index contributed by atoms with van der Waals surface area (Å²) >= 11 is 1.49. The number of nitrogens with one attached hydrogen (secondary N) is 3. The number of piperidine rings is 1. The van der Waals surface area contributed by atoms with E-state index < -0.39 is 5.92 Å². The van der Waals surface area contributed by atoms with E-state index in [-0.39, 0.29) is 32.9 Å². The molecule has 9 heteroatoms. The Hall–Kier alpha value is -3.53. The van der Waals surface area contributed by atoms with Gasteiger partial charge in [-0.15, -0.1) is 11.8 Å². The first kappa shape index (κ1) is 32.0. The van der Waals surface area contributed by atoms with E-state index in [1.807, 2.05) is 19.1 Å². The predicted octanol–water partition coefficient (Wildman–Crippen LogP) is 4.81. The lowest BCUT2D eigenvalue weighted by Gasteiger charge is -2.32. The van der Waals surface area contributed by atoms with Gasteiger partial charge in [-0.25, -0.2) is 0 Å². The molecule has 1 aliphatic heterocycles. The SMILES string of the molecule is CCNC(=O)C(CNc1cccc(CCN2CCC(c3ccccc3)CC2)c1)SCCC(C#N)CC(=O)NCC#N.[HH].[HH]. The Labute approximate surface area is 251 Å². The van der Waals surface area contributed by atoms with Crippen LogP contribution in [0.1, 0.15) is 52.5 Å². The van der Waals surface area contributed by atoms with E-state index in [2.05, 4.69) is 75.5 Å². The number of hydrogen-bond acceptors (Lipinski definition) is 7. The summed E-state index contributed by atoms with van der Waals surface area (Å²) in [6, 6.07) is 23.3. The predicted molar refractivity (Wildman–Crippen MR) is 170 cm³/mol. The van der Waals surface area contributed by atoms with Crippen molar-refractivity contribution in [3.05, 3.63) is 65.7 Å². The summed E-state index contributed by atoms with van der Waals surface area (Å²) in [7, 11) is 0. The average Bonchev–Trinajstić information content (AvgIpc) is 3.01. The van der Waals surface area contributed by atoms with Crippen molar-refractivity contribution < 1.29 is 12.4 Å². The van der Waals surface area contributed by atoms with Gasteiger partial charge in [0.15, 0.2) is 0 Å². The highest BCUT2D eigenvalue weighted by molar-refractivity contribution is 8.00. The molecule has 1 fully saturated rings. The summed E-state index contributed by atoms with van der Waals surface area (Å²) in [6.45, 7) is 6.13. The number of likely N-dealkylation sites (tertiary alicyclic amines) is 1. The minimum absolute atomic E-state index is 0. The smallest absolute Gasteiger partial charge is 0.234 e. The lowest BCUT2D eigenvalue weighted by atomic mass is 9.89. The molecule has 1 aliphatic rings. The zero-order valence-electron chi connectivity index (χ0n) is 24.0. The van der Waals surface area contributed by atoms with Crippen LogP contribution in [0.2, 0.25) is 0 Å². The van der Waals surface area contributed by atoms with Crippen LogP contribution in [0.5, 0.6) is 0 Å². The number of nitrogens with zero attached hydrogens (tertiary/aromatic N) is 3. The second-order valence-electron chi connectivity index (χ2n) is 10.4. The number of carbonyl (C=O) groups is 2. The Kier molecular flexibility index (Phi) is 14.1. The Morgan fingerprint density at radius 2 is 1.88 bits per heavy atom. The van der Waals surface area contributed by atoms with E-state index in [4.69, 9.17) is 5.26 Å². The number of benzene rings is 2. The maximum atomic E-state index is 12.7. The van der Waals surface area contributed by atoms with Gasteiger partial charge in [0.2, 0.25) is 11.8 Å². The molecule has 0 saturated carbocycles. The first-order chi connectivity index (χ1) is 20.0. The van der Waals surface area contributed by atoms with Crippen molar-refractivity contribution in [1.82, 2.24) is 15.5 Å². The lowest BCUT2D eigenvalue weighted by Crippen LogP contribution is -2.37. The van der Waals surface area contributed by atoms with Crippen LogP contribution in [0.4, 0.5) is 5.69 Å². The summed E-state index contributed by atoms with van der Waals surface area (Å²) in [5, 5.41) is 26.5. The molecule has 0 aliphatic carbocycles. The molecular weight excluding hydrogens is 532 g/mol. The van der Waals surface area contributed by atoms with Crippen molar-refractivity contribution in [2.75, 3.05) is 50.3 Å². The summed E-state index contributed by atoms with van der Waals surface area (Å²) in [6.07, 6.45) is 3.94. The fraction of sp³-hybridized carbons (Fsp3) is 0.500. The van der Waals surface area contributed by atoms with Crippen LogP contribution in [-0.4, -0.2) is 67.0 Å². The highest BCUT2D eigenvalue weighted by Gasteiger charge is 2.21. The molecule has 3 rings (SSSR count). The topological polar surface area (TPSA) is 121 Å². The van der Waals surface area contributed by atoms with E-state index in [1.54, 1.807) is 0 Å². The standard InChI is InChI=1S/C32H42N6O2S.2H2/c1-2-35-32(40)30(41-20-14-26(23-34)22-31(39)36-16-15-33)24-37-29-10-6-7-25(21-29)11-17-38-18-12-28(13-19-38)27-8-4-3-5-9-27;;/h3-10,21,26,28,30,37H,2,11-14,16-20,22,24H2,1H3,(H,35,40)(H,36,39);2*1H. The Morgan fingerprint density at radius 3 is 2.59 bits per heavy atom. The van der Waals surface area contributed by atoms with Gasteiger partial charge < -0.3 is 20.9 Å². The van der Waals surface area contributed by atoms with Crippen LogP contribution >= 0.6 is 11.8 Å². The molecule has 0 aromatic heterocycles. The molecule has 2 amide bonds. The summed E-state index contributed by atoms with van der Waals surface area (Å²) < 4.78 is 0. The van der Waals surface area contributed by atoms with Crippen molar-refractivity contribution in [1.29, 1.82) is 10.5 Å². The van der Waals surface area contributed by atoms with Gasteiger partial charge in [0.05, 0.1) is 18.1 Å². The van der Waals surface area contributed by atoms with E-state index in [0.717, 1.165) is 31.7 Å². The van der Waals surface area contributed by atoms with Crippen molar-refractivity contribution in [3.63, 3.8) is 0 Å².